The van der Waals surface area contributed by atoms with Gasteiger partial charge in [0, 0.05) is 13.6 Å². The van der Waals surface area contributed by atoms with Crippen molar-refractivity contribution in [1.29, 1.82) is 0 Å². The number of morpholine rings is 1. The highest BCUT2D eigenvalue weighted by atomic mass is 16.5. The molecule has 1 aliphatic rings. The zero-order valence-electron chi connectivity index (χ0n) is 11.8. The Morgan fingerprint density at radius 2 is 2.17 bits per heavy atom. The van der Waals surface area contributed by atoms with Crippen LogP contribution in [-0.4, -0.2) is 35.1 Å². The quantitative estimate of drug-likeness (QED) is 0.887. The summed E-state index contributed by atoms with van der Waals surface area (Å²) in [5.41, 5.74) is 8.06. The summed E-state index contributed by atoms with van der Waals surface area (Å²) in [7, 11) is 1.97. The molecule has 2 unspecified atom stereocenters. The number of anilines is 2. The molecular formula is C13H24N4O. The highest BCUT2D eigenvalue weighted by molar-refractivity contribution is 5.67. The third-order valence-electron chi connectivity index (χ3n) is 3.67. The lowest BCUT2D eigenvalue weighted by Crippen LogP contribution is -2.49. The van der Waals surface area contributed by atoms with E-state index < -0.39 is 0 Å². The van der Waals surface area contributed by atoms with Crippen LogP contribution in [0.15, 0.2) is 0 Å². The lowest BCUT2D eigenvalue weighted by atomic mass is 10.1. The molecule has 1 aromatic rings. The fourth-order valence-corrected chi connectivity index (χ4v) is 2.63. The van der Waals surface area contributed by atoms with Crippen molar-refractivity contribution < 1.29 is 4.74 Å². The Hall–Kier alpha value is -1.23. The molecule has 2 heterocycles. The van der Waals surface area contributed by atoms with Crippen LogP contribution in [0.25, 0.3) is 0 Å². The summed E-state index contributed by atoms with van der Waals surface area (Å²) in [6, 6.07) is 0.392. The van der Waals surface area contributed by atoms with Gasteiger partial charge in [0.1, 0.15) is 0 Å². The van der Waals surface area contributed by atoms with E-state index in [4.69, 9.17) is 10.5 Å². The Bertz CT molecular complexity index is 415. The van der Waals surface area contributed by atoms with E-state index in [0.29, 0.717) is 6.04 Å². The van der Waals surface area contributed by atoms with Crippen molar-refractivity contribution >= 4 is 11.5 Å². The summed E-state index contributed by atoms with van der Waals surface area (Å²) in [6.45, 7) is 8.02. The number of nitrogen functional groups attached to an aromatic ring is 1. The third kappa shape index (κ3) is 2.19. The number of nitrogens with zero attached hydrogens (tertiary/aromatic N) is 3. The summed E-state index contributed by atoms with van der Waals surface area (Å²) >= 11 is 0. The minimum Gasteiger partial charge on any atom is -0.394 e. The number of rotatable bonds is 3. The molecule has 0 saturated carbocycles. The van der Waals surface area contributed by atoms with Crippen LogP contribution >= 0.6 is 0 Å². The molecule has 1 fully saturated rings. The van der Waals surface area contributed by atoms with Crippen LogP contribution in [0.2, 0.25) is 0 Å². The fourth-order valence-electron chi connectivity index (χ4n) is 2.63. The van der Waals surface area contributed by atoms with E-state index in [1.165, 1.54) is 0 Å². The molecule has 2 rings (SSSR count). The number of aryl methyl sites for hydroxylation is 2. The van der Waals surface area contributed by atoms with Crippen LogP contribution in [-0.2, 0) is 18.2 Å². The number of ether oxygens (including phenoxy) is 1. The van der Waals surface area contributed by atoms with Gasteiger partial charge in [0.25, 0.3) is 0 Å². The van der Waals surface area contributed by atoms with Crippen molar-refractivity contribution in [3.05, 3.63) is 5.69 Å². The third-order valence-corrected chi connectivity index (χ3v) is 3.67. The van der Waals surface area contributed by atoms with Crippen molar-refractivity contribution in [1.82, 2.24) is 9.78 Å². The second-order valence-corrected chi connectivity index (χ2v) is 5.02. The predicted octanol–water partition coefficient (Wildman–Crippen LogP) is 1.57. The van der Waals surface area contributed by atoms with Crippen LogP contribution in [0, 0.1) is 0 Å². The van der Waals surface area contributed by atoms with E-state index >= 15 is 0 Å². The molecular weight excluding hydrogens is 228 g/mol. The van der Waals surface area contributed by atoms with Crippen molar-refractivity contribution in [2.75, 3.05) is 23.8 Å². The SMILES string of the molecule is CCc1nn(C)c(N2CC(C)OCC2CC)c1N. The molecule has 1 saturated heterocycles. The van der Waals surface area contributed by atoms with E-state index in [0.717, 1.165) is 43.2 Å². The summed E-state index contributed by atoms with van der Waals surface area (Å²) in [5, 5.41) is 4.51. The van der Waals surface area contributed by atoms with Gasteiger partial charge in [-0.3, -0.25) is 4.68 Å². The lowest BCUT2D eigenvalue weighted by Gasteiger charge is -2.39. The molecule has 18 heavy (non-hydrogen) atoms. The Balaban J connectivity index is 2.36. The van der Waals surface area contributed by atoms with E-state index in [2.05, 4.69) is 30.8 Å². The molecule has 2 atom stereocenters. The molecule has 0 amide bonds. The topological polar surface area (TPSA) is 56.3 Å². The van der Waals surface area contributed by atoms with Gasteiger partial charge in [0.2, 0.25) is 0 Å². The van der Waals surface area contributed by atoms with Crippen molar-refractivity contribution in [2.45, 2.75) is 45.8 Å². The predicted molar refractivity (Wildman–Crippen MR) is 73.8 cm³/mol. The maximum absolute atomic E-state index is 6.24. The van der Waals surface area contributed by atoms with Gasteiger partial charge in [-0.25, -0.2) is 0 Å². The monoisotopic (exact) mass is 252 g/mol. The van der Waals surface area contributed by atoms with E-state index in [1.807, 2.05) is 11.7 Å². The van der Waals surface area contributed by atoms with Gasteiger partial charge in [0.15, 0.2) is 5.82 Å². The maximum atomic E-state index is 6.24. The second kappa shape index (κ2) is 5.18. The van der Waals surface area contributed by atoms with Gasteiger partial charge in [-0.2, -0.15) is 5.10 Å². The standard InChI is InChI=1S/C13H24N4O/c1-5-10-8-18-9(3)7-17(10)13-12(14)11(6-2)15-16(13)4/h9-10H,5-8,14H2,1-4H3. The Kier molecular flexibility index (Phi) is 3.80. The number of hydrogen-bond donors (Lipinski definition) is 1. The summed E-state index contributed by atoms with van der Waals surface area (Å²) in [6.07, 6.45) is 2.17. The first-order valence-corrected chi connectivity index (χ1v) is 6.78. The largest absolute Gasteiger partial charge is 0.394 e. The summed E-state index contributed by atoms with van der Waals surface area (Å²) in [5.74, 6) is 1.05. The smallest absolute Gasteiger partial charge is 0.150 e. The molecule has 0 bridgehead atoms. The highest BCUT2D eigenvalue weighted by Crippen LogP contribution is 2.30. The molecule has 1 aromatic heterocycles. The zero-order valence-corrected chi connectivity index (χ0v) is 11.8. The van der Waals surface area contributed by atoms with Crippen LogP contribution in [0.1, 0.15) is 32.9 Å². The second-order valence-electron chi connectivity index (χ2n) is 5.02. The summed E-state index contributed by atoms with van der Waals surface area (Å²) < 4.78 is 7.65. The number of aromatic nitrogens is 2. The fraction of sp³-hybridized carbons (Fsp3) is 0.769. The zero-order chi connectivity index (χ0) is 13.3. The lowest BCUT2D eigenvalue weighted by molar-refractivity contribution is 0.0294. The number of hydrogen-bond acceptors (Lipinski definition) is 4. The van der Waals surface area contributed by atoms with Gasteiger partial charge >= 0.3 is 0 Å². The minimum atomic E-state index is 0.243. The van der Waals surface area contributed by atoms with Gasteiger partial charge in [-0.05, 0) is 19.8 Å². The number of nitrogens with two attached hydrogens (primary N) is 1. The van der Waals surface area contributed by atoms with Crippen LogP contribution < -0.4 is 10.6 Å². The van der Waals surface area contributed by atoms with Crippen molar-refractivity contribution in [2.24, 2.45) is 7.05 Å². The van der Waals surface area contributed by atoms with Gasteiger partial charge < -0.3 is 15.4 Å². The highest BCUT2D eigenvalue weighted by Gasteiger charge is 2.30. The van der Waals surface area contributed by atoms with E-state index in [1.54, 1.807) is 0 Å². The summed E-state index contributed by atoms with van der Waals surface area (Å²) in [4.78, 5) is 2.36. The van der Waals surface area contributed by atoms with Crippen LogP contribution in [0.5, 0.6) is 0 Å². The van der Waals surface area contributed by atoms with Crippen LogP contribution in [0.4, 0.5) is 11.5 Å². The van der Waals surface area contributed by atoms with Gasteiger partial charge in [-0.1, -0.05) is 13.8 Å². The van der Waals surface area contributed by atoms with Gasteiger partial charge in [-0.15, -0.1) is 0 Å². The molecule has 0 radical (unpaired) electrons. The average Bonchev–Trinajstić information content (AvgIpc) is 2.64. The minimum absolute atomic E-state index is 0.243. The Morgan fingerprint density at radius 1 is 1.44 bits per heavy atom. The Labute approximate surface area is 109 Å². The average molecular weight is 252 g/mol. The van der Waals surface area contributed by atoms with Crippen molar-refractivity contribution in [3.8, 4) is 0 Å². The van der Waals surface area contributed by atoms with Gasteiger partial charge in [0.05, 0.1) is 30.1 Å². The molecule has 1 aliphatic heterocycles. The first-order chi connectivity index (χ1) is 8.58. The molecule has 0 spiro atoms. The van der Waals surface area contributed by atoms with Crippen molar-refractivity contribution in [3.63, 3.8) is 0 Å². The van der Waals surface area contributed by atoms with E-state index in [-0.39, 0.29) is 6.10 Å². The Morgan fingerprint density at radius 3 is 2.72 bits per heavy atom. The molecule has 5 nitrogen and oxygen atoms in total. The molecule has 0 aliphatic carbocycles. The van der Waals surface area contributed by atoms with Crippen LogP contribution in [0.3, 0.4) is 0 Å². The first-order valence-electron chi connectivity index (χ1n) is 6.78. The molecule has 0 aromatic carbocycles. The molecule has 102 valence electrons. The van der Waals surface area contributed by atoms with E-state index in [9.17, 15) is 0 Å². The maximum Gasteiger partial charge on any atom is 0.150 e. The molecule has 2 N–H and O–H groups in total. The molecule has 5 heteroatoms. The first kappa shape index (κ1) is 13.2. The normalized spacial score (nSPS) is 24.6.